The van der Waals surface area contributed by atoms with Gasteiger partial charge in [-0.25, -0.2) is 14.4 Å². The molecule has 0 radical (unpaired) electrons. The number of hydrogen-bond donors (Lipinski definition) is 7. The van der Waals surface area contributed by atoms with E-state index in [9.17, 15) is 35.0 Å². The van der Waals surface area contributed by atoms with Crippen molar-refractivity contribution < 1.29 is 44.5 Å². The molecule has 12 nitrogen and oxygen atoms in total. The van der Waals surface area contributed by atoms with E-state index in [0.29, 0.717) is 6.61 Å². The Balaban J connectivity index is 1.72. The Morgan fingerprint density at radius 1 is 1.08 bits per heavy atom. The van der Waals surface area contributed by atoms with Gasteiger partial charge in [0.05, 0.1) is 12.1 Å². The number of aromatic hydroxyl groups is 3. The van der Waals surface area contributed by atoms with Crippen LogP contribution in [0.5, 0.6) is 28.7 Å². The topological polar surface area (TPSA) is 181 Å². The van der Waals surface area contributed by atoms with Crippen LogP contribution in [0.1, 0.15) is 12.8 Å². The van der Waals surface area contributed by atoms with Gasteiger partial charge in [0.15, 0.2) is 34.6 Å². The van der Waals surface area contributed by atoms with Crippen LogP contribution in [-0.2, 0) is 0 Å². The van der Waals surface area contributed by atoms with Crippen LogP contribution in [0, 0.1) is 11.7 Å². The number of ether oxygens (including phenoxy) is 2. The Hall–Kier alpha value is -3.17. The van der Waals surface area contributed by atoms with E-state index in [0.717, 1.165) is 32.3 Å². The van der Waals surface area contributed by atoms with Crippen molar-refractivity contribution in [3.05, 3.63) is 28.7 Å². The molecule has 0 bridgehead atoms. The van der Waals surface area contributed by atoms with E-state index in [1.807, 2.05) is 7.05 Å². The molecule has 0 atom stereocenters. The summed E-state index contributed by atoms with van der Waals surface area (Å²) in [5.41, 5.74) is -0.429. The van der Waals surface area contributed by atoms with Crippen molar-refractivity contribution in [1.82, 2.24) is 14.9 Å². The molecular weight excluding hydrogens is 547 g/mol. The van der Waals surface area contributed by atoms with Crippen molar-refractivity contribution in [3.63, 3.8) is 0 Å². The molecule has 14 heteroatoms. The fraction of sp³-hybridized carbons (Fsp3) is 0.364. The average Bonchev–Trinajstić information content (AvgIpc) is 2.83. The van der Waals surface area contributed by atoms with Gasteiger partial charge in [-0.1, -0.05) is 0 Å². The molecule has 1 fully saturated rings. The highest BCUT2D eigenvalue weighted by Crippen LogP contribution is 2.48. The fourth-order valence-electron chi connectivity index (χ4n) is 3.83. The van der Waals surface area contributed by atoms with Gasteiger partial charge in [0, 0.05) is 11.5 Å². The van der Waals surface area contributed by atoms with Crippen molar-refractivity contribution in [3.8, 4) is 28.7 Å². The molecule has 1 saturated heterocycles. The highest BCUT2D eigenvalue weighted by atomic mass is 79.9. The van der Waals surface area contributed by atoms with Gasteiger partial charge in [-0.15, -0.1) is 0 Å². The molecular formula is C22H24BrFN4O8. The minimum atomic E-state index is -3.53. The van der Waals surface area contributed by atoms with Crippen molar-refractivity contribution in [2.75, 3.05) is 32.1 Å². The number of anilines is 2. The number of aromatic nitrogens is 2. The molecule has 0 amide bonds. The number of rotatable bonds is 7. The molecule has 194 valence electrons. The number of fused-ring (bicyclic) bond motifs is 1. The lowest BCUT2D eigenvalue weighted by molar-refractivity contribution is -0.419. The summed E-state index contributed by atoms with van der Waals surface area (Å²) in [5.74, 6) is -4.04. The van der Waals surface area contributed by atoms with Crippen LogP contribution < -0.4 is 14.8 Å². The van der Waals surface area contributed by atoms with Crippen molar-refractivity contribution in [2.45, 2.75) is 19.0 Å². The Morgan fingerprint density at radius 2 is 1.78 bits per heavy atom. The van der Waals surface area contributed by atoms with Crippen molar-refractivity contribution >= 4 is 38.3 Å². The minimum absolute atomic E-state index is 0.0561. The van der Waals surface area contributed by atoms with Crippen LogP contribution >= 0.6 is 15.9 Å². The largest absolute Gasteiger partial charge is 0.504 e. The molecule has 2 aromatic carbocycles. The average molecular weight is 571 g/mol. The van der Waals surface area contributed by atoms with Crippen LogP contribution in [0.2, 0.25) is 0 Å². The number of benzene rings is 2. The summed E-state index contributed by atoms with van der Waals surface area (Å²) < 4.78 is 24.9. The first-order chi connectivity index (χ1) is 16.9. The Labute approximate surface area is 212 Å². The number of piperidine rings is 1. The highest BCUT2D eigenvalue weighted by molar-refractivity contribution is 9.10. The van der Waals surface area contributed by atoms with Gasteiger partial charge in [0.2, 0.25) is 0 Å². The van der Waals surface area contributed by atoms with Gasteiger partial charge in [-0.3, -0.25) is 0 Å². The van der Waals surface area contributed by atoms with Gasteiger partial charge in [-0.05, 0) is 60.9 Å². The first-order valence-corrected chi connectivity index (χ1v) is 11.6. The van der Waals surface area contributed by atoms with Crippen LogP contribution in [-0.4, -0.2) is 78.4 Å². The Bertz CT molecular complexity index is 1250. The zero-order chi connectivity index (χ0) is 26.2. The second-order valence-electron chi connectivity index (χ2n) is 8.45. The van der Waals surface area contributed by atoms with E-state index in [4.69, 9.17) is 9.47 Å². The molecule has 7 N–H and O–H groups in total. The van der Waals surface area contributed by atoms with Gasteiger partial charge in [0.25, 0.3) is 0 Å². The minimum Gasteiger partial charge on any atom is -0.504 e. The quantitative estimate of drug-likeness (QED) is 0.125. The summed E-state index contributed by atoms with van der Waals surface area (Å²) in [6, 6.07) is 2.62. The lowest BCUT2D eigenvalue weighted by atomic mass is 9.98. The summed E-state index contributed by atoms with van der Waals surface area (Å²) in [7, 11) is 2.03. The second kappa shape index (κ2) is 10.1. The molecule has 0 spiro atoms. The van der Waals surface area contributed by atoms with Gasteiger partial charge in [0.1, 0.15) is 22.3 Å². The van der Waals surface area contributed by atoms with E-state index in [1.54, 1.807) is 0 Å². The van der Waals surface area contributed by atoms with E-state index >= 15 is 0 Å². The first kappa shape index (κ1) is 25.9. The van der Waals surface area contributed by atoms with Crippen LogP contribution in [0.15, 0.2) is 22.9 Å². The maximum atomic E-state index is 14.7. The number of nitrogens with zero attached hydrogens (tertiary/aromatic N) is 3. The molecule has 1 aliphatic rings. The van der Waals surface area contributed by atoms with Crippen molar-refractivity contribution in [1.29, 1.82) is 0 Å². The summed E-state index contributed by atoms with van der Waals surface area (Å²) >= 11 is 2.77. The molecule has 1 aromatic heterocycles. The predicted molar refractivity (Wildman–Crippen MR) is 128 cm³/mol. The highest BCUT2D eigenvalue weighted by Gasteiger charge is 2.27. The van der Waals surface area contributed by atoms with Gasteiger partial charge in [-0.2, -0.15) is 0 Å². The van der Waals surface area contributed by atoms with Crippen LogP contribution in [0.25, 0.3) is 10.9 Å². The number of halogens is 2. The second-order valence-corrected chi connectivity index (χ2v) is 9.24. The normalized spacial score (nSPS) is 15.3. The third kappa shape index (κ3) is 5.47. The SMILES string of the molecule is CN1CCC(COc2cc3ncnc(Nc4c(O)c(O)c(Br)c(O)c4F)c3cc2OC(O)(O)O)CC1. The standard InChI is InChI=1S/C22H24BrFN4O8/c1-28-4-2-10(3-5-28)8-35-13-7-12-11(6-14(13)36-22(32,33)34)21(26-9-25-12)27-17-16(24)18(29)15(23)19(30)20(17)31/h6-7,9-10,29-34H,2-5,8H2,1H3,(H,25,26,27). The molecule has 3 aromatic rings. The van der Waals surface area contributed by atoms with Crippen LogP contribution in [0.3, 0.4) is 0 Å². The number of phenols is 3. The van der Waals surface area contributed by atoms with Gasteiger partial charge < -0.3 is 50.3 Å². The van der Waals surface area contributed by atoms with Crippen LogP contribution in [0.4, 0.5) is 15.9 Å². The zero-order valence-electron chi connectivity index (χ0n) is 18.9. The Morgan fingerprint density at radius 3 is 2.44 bits per heavy atom. The molecule has 36 heavy (non-hydrogen) atoms. The predicted octanol–water partition coefficient (Wildman–Crippen LogP) is 2.08. The lowest BCUT2D eigenvalue weighted by Crippen LogP contribution is -2.35. The summed E-state index contributed by atoms with van der Waals surface area (Å²) in [5, 5.41) is 60.9. The molecule has 1 aliphatic heterocycles. The number of phenolic OH excluding ortho intramolecular Hbond substituents is 3. The van der Waals surface area contributed by atoms with Gasteiger partial charge >= 0.3 is 6.16 Å². The van der Waals surface area contributed by atoms with E-state index in [2.05, 4.69) is 36.1 Å². The third-order valence-electron chi connectivity index (χ3n) is 5.81. The Kier molecular flexibility index (Phi) is 7.24. The molecule has 0 unspecified atom stereocenters. The van der Waals surface area contributed by atoms with E-state index in [-0.39, 0.29) is 34.1 Å². The number of nitrogens with one attached hydrogen (secondary N) is 1. The smallest absolute Gasteiger partial charge is 0.453 e. The maximum Gasteiger partial charge on any atom is 0.453 e. The third-order valence-corrected chi connectivity index (χ3v) is 6.56. The molecule has 4 rings (SSSR count). The zero-order valence-corrected chi connectivity index (χ0v) is 20.5. The molecule has 0 aliphatic carbocycles. The summed E-state index contributed by atoms with van der Waals surface area (Å²) in [6.45, 7) is 2.13. The molecule has 0 saturated carbocycles. The monoisotopic (exact) mass is 570 g/mol. The number of aliphatic hydroxyl groups is 3. The summed E-state index contributed by atoms with van der Waals surface area (Å²) in [6.07, 6.45) is -0.588. The maximum absolute atomic E-state index is 14.7. The number of likely N-dealkylation sites (tertiary alicyclic amines) is 1. The molecule has 2 heterocycles. The number of hydrogen-bond acceptors (Lipinski definition) is 12. The van der Waals surface area contributed by atoms with E-state index < -0.39 is 39.4 Å². The first-order valence-electron chi connectivity index (χ1n) is 10.8. The lowest BCUT2D eigenvalue weighted by Gasteiger charge is -2.29. The fourth-order valence-corrected chi connectivity index (χ4v) is 4.19. The summed E-state index contributed by atoms with van der Waals surface area (Å²) in [4.78, 5) is 10.3. The van der Waals surface area contributed by atoms with E-state index in [1.165, 1.54) is 12.1 Å². The van der Waals surface area contributed by atoms with Crippen molar-refractivity contribution in [2.24, 2.45) is 5.92 Å².